The molecule has 0 aliphatic carbocycles. The summed E-state index contributed by atoms with van der Waals surface area (Å²) < 4.78 is 0. The smallest absolute Gasteiger partial charge is 0.237 e. The van der Waals surface area contributed by atoms with E-state index in [-0.39, 0.29) is 11.9 Å². The zero-order valence-electron chi connectivity index (χ0n) is 12.5. The fourth-order valence-electron chi connectivity index (χ4n) is 2.43. The van der Waals surface area contributed by atoms with Crippen LogP contribution in [0.5, 0.6) is 0 Å². The molecule has 0 spiro atoms. The van der Waals surface area contributed by atoms with Crippen molar-refractivity contribution in [3.05, 3.63) is 71.3 Å². The standard InChI is InChI=1S/C18H22N2O/c1-13-8-6-7-11-16(13)14(2)20-18(21)17(19)12-15-9-4-3-5-10-15/h3-11,14,17H,12,19H2,1-2H3,(H,20,21). The van der Waals surface area contributed by atoms with E-state index in [2.05, 4.69) is 5.32 Å². The van der Waals surface area contributed by atoms with Gasteiger partial charge in [-0.15, -0.1) is 0 Å². The summed E-state index contributed by atoms with van der Waals surface area (Å²) in [4.78, 5) is 12.2. The minimum Gasteiger partial charge on any atom is -0.348 e. The minimum absolute atomic E-state index is 0.0412. The van der Waals surface area contributed by atoms with E-state index in [4.69, 9.17) is 5.73 Å². The predicted molar refractivity (Wildman–Crippen MR) is 85.9 cm³/mol. The Labute approximate surface area is 126 Å². The van der Waals surface area contributed by atoms with E-state index in [0.29, 0.717) is 6.42 Å². The van der Waals surface area contributed by atoms with Crippen molar-refractivity contribution >= 4 is 5.91 Å². The number of amides is 1. The van der Waals surface area contributed by atoms with Gasteiger partial charge in [0.15, 0.2) is 0 Å². The second-order valence-corrected chi connectivity index (χ2v) is 5.38. The Morgan fingerprint density at radius 3 is 2.38 bits per heavy atom. The second-order valence-electron chi connectivity index (χ2n) is 5.38. The van der Waals surface area contributed by atoms with Gasteiger partial charge in [0.25, 0.3) is 0 Å². The maximum Gasteiger partial charge on any atom is 0.237 e. The first kappa shape index (κ1) is 15.3. The molecule has 0 radical (unpaired) electrons. The quantitative estimate of drug-likeness (QED) is 0.886. The SMILES string of the molecule is Cc1ccccc1C(C)NC(=O)C(N)Cc1ccccc1. The van der Waals surface area contributed by atoms with Gasteiger partial charge in [-0.1, -0.05) is 54.6 Å². The third-order valence-electron chi connectivity index (χ3n) is 3.65. The molecular formula is C18H22N2O. The number of nitrogens with two attached hydrogens (primary N) is 1. The highest BCUT2D eigenvalue weighted by Gasteiger charge is 2.17. The largest absolute Gasteiger partial charge is 0.348 e. The summed E-state index contributed by atoms with van der Waals surface area (Å²) in [6.45, 7) is 4.03. The molecule has 0 aliphatic heterocycles. The third-order valence-corrected chi connectivity index (χ3v) is 3.65. The van der Waals surface area contributed by atoms with E-state index in [1.807, 2.05) is 68.4 Å². The van der Waals surface area contributed by atoms with Crippen molar-refractivity contribution in [3.63, 3.8) is 0 Å². The maximum atomic E-state index is 12.2. The molecule has 2 unspecified atom stereocenters. The van der Waals surface area contributed by atoms with Gasteiger partial charge in [0.2, 0.25) is 5.91 Å². The lowest BCUT2D eigenvalue weighted by Gasteiger charge is -2.19. The van der Waals surface area contributed by atoms with E-state index >= 15 is 0 Å². The van der Waals surface area contributed by atoms with Crippen LogP contribution in [-0.4, -0.2) is 11.9 Å². The lowest BCUT2D eigenvalue weighted by molar-refractivity contribution is -0.123. The van der Waals surface area contributed by atoms with Crippen LogP contribution < -0.4 is 11.1 Å². The molecule has 2 atom stereocenters. The first-order chi connectivity index (χ1) is 10.1. The zero-order chi connectivity index (χ0) is 15.2. The van der Waals surface area contributed by atoms with Gasteiger partial charge in [-0.25, -0.2) is 0 Å². The summed E-state index contributed by atoms with van der Waals surface area (Å²) in [6, 6.07) is 17.3. The van der Waals surface area contributed by atoms with Crippen LogP contribution in [0, 0.1) is 6.92 Å². The zero-order valence-corrected chi connectivity index (χ0v) is 12.5. The summed E-state index contributed by atoms with van der Waals surface area (Å²) in [5, 5.41) is 2.99. The van der Waals surface area contributed by atoms with Crippen molar-refractivity contribution in [1.82, 2.24) is 5.32 Å². The van der Waals surface area contributed by atoms with E-state index in [0.717, 1.165) is 11.1 Å². The molecule has 0 saturated heterocycles. The van der Waals surface area contributed by atoms with Gasteiger partial charge in [0, 0.05) is 0 Å². The van der Waals surface area contributed by atoms with Crippen LogP contribution in [0.2, 0.25) is 0 Å². The molecule has 1 amide bonds. The lowest BCUT2D eigenvalue weighted by atomic mass is 10.0. The Morgan fingerprint density at radius 2 is 1.71 bits per heavy atom. The van der Waals surface area contributed by atoms with Crippen molar-refractivity contribution < 1.29 is 4.79 Å². The molecule has 21 heavy (non-hydrogen) atoms. The molecule has 110 valence electrons. The number of carbonyl (C=O) groups is 1. The van der Waals surface area contributed by atoms with Crippen molar-refractivity contribution in [2.24, 2.45) is 5.73 Å². The summed E-state index contributed by atoms with van der Waals surface area (Å²) >= 11 is 0. The number of rotatable bonds is 5. The number of aryl methyl sites for hydroxylation is 1. The number of hydrogen-bond acceptors (Lipinski definition) is 2. The van der Waals surface area contributed by atoms with Gasteiger partial charge in [0.1, 0.15) is 0 Å². The highest BCUT2D eigenvalue weighted by Crippen LogP contribution is 2.16. The molecule has 2 aromatic carbocycles. The Hall–Kier alpha value is -2.13. The minimum atomic E-state index is -0.529. The average Bonchev–Trinajstić information content (AvgIpc) is 2.48. The molecule has 2 rings (SSSR count). The van der Waals surface area contributed by atoms with Crippen LogP contribution in [0.25, 0.3) is 0 Å². The number of hydrogen-bond donors (Lipinski definition) is 2. The van der Waals surface area contributed by atoms with Crippen molar-refractivity contribution in [2.45, 2.75) is 32.4 Å². The average molecular weight is 282 g/mol. The monoisotopic (exact) mass is 282 g/mol. The van der Waals surface area contributed by atoms with Crippen molar-refractivity contribution in [3.8, 4) is 0 Å². The predicted octanol–water partition coefficient (Wildman–Crippen LogP) is 2.74. The normalized spacial score (nSPS) is 13.5. The Morgan fingerprint density at radius 1 is 1.10 bits per heavy atom. The molecule has 0 aromatic heterocycles. The van der Waals surface area contributed by atoms with Gasteiger partial charge in [-0.05, 0) is 37.0 Å². The Kier molecular flexibility index (Phi) is 5.12. The first-order valence-corrected chi connectivity index (χ1v) is 7.23. The van der Waals surface area contributed by atoms with Crippen LogP contribution >= 0.6 is 0 Å². The third kappa shape index (κ3) is 4.17. The highest BCUT2D eigenvalue weighted by molar-refractivity contribution is 5.82. The van der Waals surface area contributed by atoms with Gasteiger partial charge >= 0.3 is 0 Å². The number of carbonyl (C=O) groups excluding carboxylic acids is 1. The van der Waals surface area contributed by atoms with E-state index in [9.17, 15) is 4.79 Å². The van der Waals surface area contributed by atoms with Crippen LogP contribution in [-0.2, 0) is 11.2 Å². The van der Waals surface area contributed by atoms with Gasteiger partial charge in [-0.2, -0.15) is 0 Å². The van der Waals surface area contributed by atoms with Gasteiger partial charge in [0.05, 0.1) is 12.1 Å². The van der Waals surface area contributed by atoms with E-state index < -0.39 is 6.04 Å². The molecule has 0 bridgehead atoms. The van der Waals surface area contributed by atoms with Gasteiger partial charge < -0.3 is 11.1 Å². The van der Waals surface area contributed by atoms with Crippen molar-refractivity contribution in [2.75, 3.05) is 0 Å². The highest BCUT2D eigenvalue weighted by atomic mass is 16.2. The summed E-state index contributed by atoms with van der Waals surface area (Å²) in [6.07, 6.45) is 0.549. The molecule has 0 saturated carbocycles. The maximum absolute atomic E-state index is 12.2. The second kappa shape index (κ2) is 7.04. The topological polar surface area (TPSA) is 55.1 Å². The van der Waals surface area contributed by atoms with Crippen LogP contribution in [0.3, 0.4) is 0 Å². The number of nitrogens with one attached hydrogen (secondary N) is 1. The first-order valence-electron chi connectivity index (χ1n) is 7.23. The van der Waals surface area contributed by atoms with Gasteiger partial charge in [-0.3, -0.25) is 4.79 Å². The molecule has 3 nitrogen and oxygen atoms in total. The summed E-state index contributed by atoms with van der Waals surface area (Å²) in [5.74, 6) is -0.116. The number of benzene rings is 2. The molecule has 0 heterocycles. The molecule has 0 fully saturated rings. The summed E-state index contributed by atoms with van der Waals surface area (Å²) in [5.41, 5.74) is 9.37. The van der Waals surface area contributed by atoms with E-state index in [1.54, 1.807) is 0 Å². The molecule has 3 N–H and O–H groups in total. The Balaban J connectivity index is 1.96. The molecular weight excluding hydrogens is 260 g/mol. The molecule has 2 aromatic rings. The summed E-state index contributed by atoms with van der Waals surface area (Å²) in [7, 11) is 0. The lowest BCUT2D eigenvalue weighted by Crippen LogP contribution is -2.43. The van der Waals surface area contributed by atoms with Crippen LogP contribution in [0.15, 0.2) is 54.6 Å². The fourth-order valence-corrected chi connectivity index (χ4v) is 2.43. The molecule has 3 heteroatoms. The van der Waals surface area contributed by atoms with Crippen LogP contribution in [0.4, 0.5) is 0 Å². The fraction of sp³-hybridized carbons (Fsp3) is 0.278. The van der Waals surface area contributed by atoms with E-state index in [1.165, 1.54) is 5.56 Å². The van der Waals surface area contributed by atoms with Crippen LogP contribution in [0.1, 0.15) is 29.7 Å². The Bertz CT molecular complexity index is 595. The van der Waals surface area contributed by atoms with Crippen molar-refractivity contribution in [1.29, 1.82) is 0 Å². The molecule has 0 aliphatic rings.